The van der Waals surface area contributed by atoms with Crippen molar-refractivity contribution < 1.29 is 51.8 Å². The van der Waals surface area contributed by atoms with E-state index in [2.05, 4.69) is 31.6 Å². The lowest BCUT2D eigenvalue weighted by Crippen LogP contribution is -2.54. The molecule has 0 aliphatic carbocycles. The molecule has 1 aromatic rings. The number of guanidine groups is 1. The number of nitrogens with two attached hydrogens (primary N) is 4. The van der Waals surface area contributed by atoms with Crippen molar-refractivity contribution in [1.29, 1.82) is 0 Å². The predicted octanol–water partition coefficient (Wildman–Crippen LogP) is -0.627. The number of carbonyl (C=O) groups excluding carboxylic acids is 5. The average Bonchev–Trinajstić information content (AvgIpc) is 3.11. The highest BCUT2D eigenvalue weighted by molar-refractivity contribution is 5.93. The third-order valence-electron chi connectivity index (χ3n) is 8.08. The van der Waals surface area contributed by atoms with Gasteiger partial charge in [0, 0.05) is 13.0 Å². The van der Waals surface area contributed by atoms with Gasteiger partial charge in [0.2, 0.25) is 29.5 Å². The molecule has 0 fully saturated rings. The highest BCUT2D eigenvalue weighted by Crippen LogP contribution is 2.14. The maximum atomic E-state index is 13.5. The van der Waals surface area contributed by atoms with Gasteiger partial charge in [-0.1, -0.05) is 38.1 Å². The van der Waals surface area contributed by atoms with Crippen LogP contribution in [0.4, 0.5) is 13.2 Å². The number of fused-ring (bicyclic) bond motifs is 2. The summed E-state index contributed by atoms with van der Waals surface area (Å²) in [5, 5.41) is 21.0. The Morgan fingerprint density at radius 1 is 0.857 bits per heavy atom. The van der Waals surface area contributed by atoms with E-state index in [4.69, 9.17) is 37.6 Å². The monoisotopic (exact) mass is 802 g/mol. The molecule has 1 aliphatic rings. The Labute approximate surface area is 323 Å². The molecular formula is C35H57F3N10O8. The van der Waals surface area contributed by atoms with Gasteiger partial charge in [-0.2, -0.15) is 13.2 Å². The van der Waals surface area contributed by atoms with Crippen LogP contribution in [0.15, 0.2) is 29.3 Å². The van der Waals surface area contributed by atoms with E-state index >= 15 is 0 Å². The van der Waals surface area contributed by atoms with Gasteiger partial charge in [-0.25, -0.2) is 9.79 Å². The minimum atomic E-state index is -5.08. The summed E-state index contributed by atoms with van der Waals surface area (Å²) in [5.74, 6) is -5.28. The molecule has 0 aromatic heterocycles. The molecule has 0 unspecified atom stereocenters. The Hall–Kier alpha value is -5.02. The zero-order valence-electron chi connectivity index (χ0n) is 31.8. The summed E-state index contributed by atoms with van der Waals surface area (Å²) < 4.78 is 37.3. The molecule has 4 atom stereocenters. The van der Waals surface area contributed by atoms with E-state index in [0.29, 0.717) is 63.6 Å². The number of benzene rings is 1. The first-order valence-electron chi connectivity index (χ1n) is 18.3. The molecule has 2 rings (SSSR count). The number of alkyl halides is 3. The number of unbranched alkanes of at least 4 members (excludes halogenated alkanes) is 2. The molecule has 2 bridgehead atoms. The largest absolute Gasteiger partial charge is 0.490 e. The van der Waals surface area contributed by atoms with Gasteiger partial charge in [-0.05, 0) is 75.1 Å². The number of hydrogen-bond donors (Lipinski definition) is 10. The molecule has 1 aliphatic heterocycles. The van der Waals surface area contributed by atoms with Crippen LogP contribution in [0.5, 0.6) is 0 Å². The van der Waals surface area contributed by atoms with Crippen molar-refractivity contribution in [3.63, 3.8) is 0 Å². The molecule has 56 heavy (non-hydrogen) atoms. The third-order valence-corrected chi connectivity index (χ3v) is 8.08. The van der Waals surface area contributed by atoms with Gasteiger partial charge in [0.25, 0.3) is 0 Å². The number of carboxylic acids is 1. The predicted molar refractivity (Wildman–Crippen MR) is 200 cm³/mol. The molecule has 18 nitrogen and oxygen atoms in total. The molecular weight excluding hydrogens is 745 g/mol. The summed E-state index contributed by atoms with van der Waals surface area (Å²) in [4.78, 5) is 79.3. The number of carboxylic acid groups (broad SMARTS) is 1. The number of amides is 5. The van der Waals surface area contributed by atoms with Crippen LogP contribution in [0, 0.1) is 5.92 Å². The van der Waals surface area contributed by atoms with E-state index in [1.54, 1.807) is 18.2 Å². The van der Waals surface area contributed by atoms with Crippen molar-refractivity contribution in [2.75, 3.05) is 26.4 Å². The van der Waals surface area contributed by atoms with E-state index in [1.165, 1.54) is 0 Å². The van der Waals surface area contributed by atoms with Gasteiger partial charge in [0.1, 0.15) is 30.9 Å². The molecule has 1 aromatic carbocycles. The van der Waals surface area contributed by atoms with Crippen LogP contribution in [-0.4, -0.2) is 103 Å². The van der Waals surface area contributed by atoms with E-state index < -0.39 is 59.9 Å². The van der Waals surface area contributed by atoms with Gasteiger partial charge in [-0.15, -0.1) is 0 Å². The first kappa shape index (κ1) is 49.0. The smallest absolute Gasteiger partial charge is 0.475 e. The second-order valence-electron chi connectivity index (χ2n) is 13.4. The zero-order chi connectivity index (χ0) is 42.3. The molecule has 21 heteroatoms. The Bertz CT molecular complexity index is 1460. The summed E-state index contributed by atoms with van der Waals surface area (Å²) in [6.07, 6.45) is -1.53. The van der Waals surface area contributed by atoms with Gasteiger partial charge >= 0.3 is 12.1 Å². The molecule has 0 saturated heterocycles. The Morgan fingerprint density at radius 3 is 1.96 bits per heavy atom. The van der Waals surface area contributed by atoms with Crippen molar-refractivity contribution in [3.8, 4) is 0 Å². The van der Waals surface area contributed by atoms with Crippen molar-refractivity contribution in [2.45, 2.75) is 109 Å². The third kappa shape index (κ3) is 20.6. The lowest BCUT2D eigenvalue weighted by Gasteiger charge is -2.23. The molecule has 0 radical (unpaired) electrons. The van der Waals surface area contributed by atoms with E-state index in [9.17, 15) is 37.1 Å². The zero-order valence-corrected chi connectivity index (χ0v) is 31.8. The maximum absolute atomic E-state index is 13.5. The van der Waals surface area contributed by atoms with Gasteiger partial charge < -0.3 is 59.4 Å². The van der Waals surface area contributed by atoms with Crippen molar-refractivity contribution in [2.24, 2.45) is 33.8 Å². The molecule has 0 saturated carbocycles. The van der Waals surface area contributed by atoms with Gasteiger partial charge in [0.15, 0.2) is 5.96 Å². The number of halogens is 3. The van der Waals surface area contributed by atoms with Crippen LogP contribution in [0.1, 0.15) is 76.3 Å². The molecule has 14 N–H and O–H groups in total. The molecule has 1 heterocycles. The van der Waals surface area contributed by atoms with Crippen LogP contribution < -0.4 is 49.5 Å². The lowest BCUT2D eigenvalue weighted by molar-refractivity contribution is -0.192. The summed E-state index contributed by atoms with van der Waals surface area (Å²) in [7, 11) is 0. The maximum Gasteiger partial charge on any atom is 0.490 e. The van der Waals surface area contributed by atoms with Crippen LogP contribution in [0.3, 0.4) is 0 Å². The number of hydrogen-bond acceptors (Lipinski definition) is 10. The fraction of sp³-hybridized carbons (Fsp3) is 0.629. The summed E-state index contributed by atoms with van der Waals surface area (Å²) in [6, 6.07) is 3.45. The first-order valence-corrected chi connectivity index (χ1v) is 18.3. The number of rotatable bonds is 11. The fourth-order valence-corrected chi connectivity index (χ4v) is 5.31. The van der Waals surface area contributed by atoms with Crippen LogP contribution in [-0.2, 0) is 46.5 Å². The van der Waals surface area contributed by atoms with E-state index in [1.807, 2.05) is 19.9 Å². The topological polar surface area (TPSA) is 308 Å². The molecule has 316 valence electrons. The minimum absolute atomic E-state index is 0.00796. The van der Waals surface area contributed by atoms with Gasteiger partial charge in [0.05, 0.1) is 13.0 Å². The van der Waals surface area contributed by atoms with Crippen molar-refractivity contribution in [3.05, 3.63) is 35.4 Å². The molecule has 5 amide bonds. The number of nitrogens with zero attached hydrogens (tertiary/aromatic N) is 1. The van der Waals surface area contributed by atoms with Crippen molar-refractivity contribution in [1.82, 2.24) is 26.6 Å². The number of nitrogens with one attached hydrogen (secondary N) is 5. The van der Waals surface area contributed by atoms with Crippen molar-refractivity contribution >= 4 is 41.5 Å². The summed E-state index contributed by atoms with van der Waals surface area (Å²) in [5.41, 5.74) is 23.9. The van der Waals surface area contributed by atoms with E-state index in [0.717, 1.165) is 5.56 Å². The lowest BCUT2D eigenvalue weighted by atomic mass is 10.0. The Balaban J connectivity index is 0.00000203. The number of carbonyl (C=O) groups is 6. The SMILES string of the molecule is CC(C)C[C@H]1NC(=O)[C@H](N=C(N)N)CCOCNC(=O)[C@H](CCCCN)NC(=O)[C@H](CCCCN)NC(=O)Cc2cccc(c2)CNC1=O.O=C(O)C(F)(F)F. The van der Waals surface area contributed by atoms with Gasteiger partial charge in [-0.3, -0.25) is 24.0 Å². The number of ether oxygens (including phenoxy) is 1. The molecule has 0 spiro atoms. The summed E-state index contributed by atoms with van der Waals surface area (Å²) >= 11 is 0. The number of aliphatic imine (C=N–C) groups is 1. The van der Waals surface area contributed by atoms with Crippen LogP contribution in [0.2, 0.25) is 0 Å². The first-order chi connectivity index (χ1) is 26.4. The fourth-order valence-electron chi connectivity index (χ4n) is 5.31. The highest BCUT2D eigenvalue weighted by Gasteiger charge is 2.38. The summed E-state index contributed by atoms with van der Waals surface area (Å²) in [6.45, 7) is 4.66. The second-order valence-corrected chi connectivity index (χ2v) is 13.4. The van der Waals surface area contributed by atoms with Crippen LogP contribution >= 0.6 is 0 Å². The Morgan fingerprint density at radius 2 is 1.41 bits per heavy atom. The highest BCUT2D eigenvalue weighted by atomic mass is 19.4. The number of aliphatic carboxylic acids is 1. The quantitative estimate of drug-likeness (QED) is 0.0760. The normalized spacial score (nSPS) is 20.9. The Kier molecular flexibility index (Phi) is 22.7. The average molecular weight is 803 g/mol. The second kappa shape index (κ2) is 25.9. The van der Waals surface area contributed by atoms with Crippen LogP contribution in [0.25, 0.3) is 0 Å². The van der Waals surface area contributed by atoms with E-state index in [-0.39, 0.29) is 50.5 Å². The minimum Gasteiger partial charge on any atom is -0.475 e. The standard InChI is InChI=1S/C33H56N10O6.C2HF3O2/c1-21(2)16-27-30(46)38-19-23-9-7-8-22(17-23)18-28(44)40-25(11-4-6-14-35)31(47)41-24(10-3-5-13-34)29(45)39-20-49-15-12-26(32(48)42-27)43-33(36)37;3-2(4,5)1(6)7/h7-9,17,21,24-27H,3-6,10-16,18-20,34-35H2,1-2H3,(H,38,46)(H,39,45)(H,40,44)(H,41,47)(H,42,48)(H4,36,37,43);(H,6,7)/t24-,25-,26+,27+;/m0./s1.